The first-order chi connectivity index (χ1) is 15.6. The average molecular weight is 435 g/mol. The zero-order valence-electron chi connectivity index (χ0n) is 18.6. The number of fused-ring (bicyclic) bond motifs is 3. The number of pyridine rings is 1. The summed E-state index contributed by atoms with van der Waals surface area (Å²) in [7, 11) is 2.17. The normalized spacial score (nSPS) is 25.5. The molecule has 2 aromatic heterocycles. The molecule has 0 amide bonds. The number of aromatic amines is 1. The Morgan fingerprint density at radius 2 is 1.91 bits per heavy atom. The van der Waals surface area contributed by atoms with Gasteiger partial charge in [0.15, 0.2) is 0 Å². The molecular formula is C25H34N6O. The van der Waals surface area contributed by atoms with Gasteiger partial charge in [-0.25, -0.2) is 9.97 Å². The highest BCUT2D eigenvalue weighted by Crippen LogP contribution is 2.53. The van der Waals surface area contributed by atoms with Gasteiger partial charge in [0.1, 0.15) is 0 Å². The summed E-state index contributed by atoms with van der Waals surface area (Å²) in [4.78, 5) is 29.3. The lowest BCUT2D eigenvalue weighted by Crippen LogP contribution is -2.44. The lowest BCUT2D eigenvalue weighted by atomic mass is 9.83. The third-order valence-electron chi connectivity index (χ3n) is 7.74. The van der Waals surface area contributed by atoms with E-state index >= 15 is 0 Å². The fraction of sp³-hybridized carbons (Fsp3) is 0.480. The van der Waals surface area contributed by atoms with Crippen molar-refractivity contribution in [3.05, 3.63) is 52.4 Å². The standard InChI is InChI=1S/C25H30N6O.2H2/c1-30-8-10-31(11-9-30)19-6-4-18(5-7-19)27-25-26-15-22-24(29-25)21(14-23(32)28-22)20-13-16-2-3-17(20)12-16;;/h4-7,14-17,20H,2-3,8-13H2,1H3,(H,28,32)(H,26,27,29);2*1H/t16-,17?,20+;;/m1../s1. The monoisotopic (exact) mass is 434 g/mol. The fourth-order valence-corrected chi connectivity index (χ4v) is 5.99. The third kappa shape index (κ3) is 3.64. The van der Waals surface area contributed by atoms with Gasteiger partial charge in [-0.15, -0.1) is 0 Å². The van der Waals surface area contributed by atoms with Crippen LogP contribution in [0.3, 0.4) is 0 Å². The van der Waals surface area contributed by atoms with Gasteiger partial charge in [0.25, 0.3) is 0 Å². The van der Waals surface area contributed by atoms with E-state index in [0.717, 1.165) is 54.4 Å². The van der Waals surface area contributed by atoms with Crippen LogP contribution in [0.4, 0.5) is 17.3 Å². The Morgan fingerprint density at radius 3 is 2.62 bits per heavy atom. The van der Waals surface area contributed by atoms with Gasteiger partial charge in [-0.3, -0.25) is 4.79 Å². The highest BCUT2D eigenvalue weighted by molar-refractivity contribution is 5.79. The highest BCUT2D eigenvalue weighted by Gasteiger charge is 2.41. The Morgan fingerprint density at radius 1 is 1.09 bits per heavy atom. The SMILES string of the molecule is CN1CCN(c2ccc(Nc3ncc4[nH]c(=O)cc([C@H]5C[C@@H]6CCC5C6)c4n3)cc2)CC1.[HH].[HH]. The van der Waals surface area contributed by atoms with Crippen LogP contribution in [0, 0.1) is 11.8 Å². The number of anilines is 3. The van der Waals surface area contributed by atoms with Crippen LogP contribution in [-0.4, -0.2) is 53.1 Å². The first-order valence-corrected chi connectivity index (χ1v) is 11.8. The second kappa shape index (κ2) is 7.89. The Kier molecular flexibility index (Phi) is 4.86. The van der Waals surface area contributed by atoms with Gasteiger partial charge >= 0.3 is 0 Å². The van der Waals surface area contributed by atoms with Gasteiger partial charge < -0.3 is 20.1 Å². The molecule has 2 N–H and O–H groups in total. The largest absolute Gasteiger partial charge is 0.369 e. The summed E-state index contributed by atoms with van der Waals surface area (Å²) in [6.45, 7) is 4.30. The van der Waals surface area contributed by atoms with Crippen LogP contribution in [-0.2, 0) is 0 Å². The number of piperazine rings is 1. The third-order valence-corrected chi connectivity index (χ3v) is 7.74. The second-order valence-electron chi connectivity index (χ2n) is 9.79. The molecule has 3 heterocycles. The number of hydrogen-bond acceptors (Lipinski definition) is 6. The molecule has 3 fully saturated rings. The maximum atomic E-state index is 12.3. The van der Waals surface area contributed by atoms with E-state index in [0.29, 0.717) is 17.8 Å². The average Bonchev–Trinajstić information content (AvgIpc) is 3.44. The molecule has 1 saturated heterocycles. The molecule has 2 saturated carbocycles. The van der Waals surface area contributed by atoms with Crippen molar-refractivity contribution in [2.24, 2.45) is 11.8 Å². The molecule has 1 aromatic carbocycles. The van der Waals surface area contributed by atoms with Crippen molar-refractivity contribution in [1.82, 2.24) is 19.9 Å². The molecule has 1 unspecified atom stereocenters. The summed E-state index contributed by atoms with van der Waals surface area (Å²) in [6, 6.07) is 10.3. The van der Waals surface area contributed by atoms with Crippen molar-refractivity contribution in [3.63, 3.8) is 0 Å². The van der Waals surface area contributed by atoms with Gasteiger partial charge in [0.2, 0.25) is 11.5 Å². The van der Waals surface area contributed by atoms with Crippen molar-refractivity contribution in [1.29, 1.82) is 0 Å². The molecule has 3 aromatic rings. The lowest BCUT2D eigenvalue weighted by molar-refractivity contribution is 0.313. The Hall–Kier alpha value is -2.93. The number of nitrogens with zero attached hydrogens (tertiary/aromatic N) is 4. The highest BCUT2D eigenvalue weighted by atomic mass is 16.1. The number of rotatable bonds is 4. The minimum absolute atomic E-state index is 0. The molecule has 7 nitrogen and oxygen atoms in total. The van der Waals surface area contributed by atoms with Gasteiger partial charge in [0, 0.05) is 46.5 Å². The van der Waals surface area contributed by atoms with E-state index in [1.165, 1.54) is 31.4 Å². The van der Waals surface area contributed by atoms with E-state index in [2.05, 4.69) is 56.4 Å². The molecule has 0 spiro atoms. The molecular weight excluding hydrogens is 400 g/mol. The summed E-state index contributed by atoms with van der Waals surface area (Å²) in [5.74, 6) is 2.53. The lowest BCUT2D eigenvalue weighted by Gasteiger charge is -2.34. The smallest absolute Gasteiger partial charge is 0.248 e. The van der Waals surface area contributed by atoms with Crippen molar-refractivity contribution >= 4 is 28.4 Å². The molecule has 7 heteroatoms. The maximum absolute atomic E-state index is 12.3. The van der Waals surface area contributed by atoms with Crippen molar-refractivity contribution < 1.29 is 2.85 Å². The van der Waals surface area contributed by atoms with E-state index in [9.17, 15) is 4.79 Å². The molecule has 2 bridgehead atoms. The Bertz CT molecular complexity index is 1190. The first-order valence-electron chi connectivity index (χ1n) is 11.8. The van der Waals surface area contributed by atoms with E-state index in [1.54, 1.807) is 12.3 Å². The molecule has 1 aliphatic heterocycles. The summed E-state index contributed by atoms with van der Waals surface area (Å²) < 4.78 is 0. The number of hydrogen-bond donors (Lipinski definition) is 2. The van der Waals surface area contributed by atoms with Gasteiger partial charge in [-0.05, 0) is 73.9 Å². The van der Waals surface area contributed by atoms with Crippen LogP contribution in [0.5, 0.6) is 0 Å². The molecule has 3 aliphatic rings. The molecule has 3 atom stereocenters. The van der Waals surface area contributed by atoms with E-state index in [-0.39, 0.29) is 8.41 Å². The topological polar surface area (TPSA) is 77.1 Å². The van der Waals surface area contributed by atoms with Crippen molar-refractivity contribution in [3.8, 4) is 0 Å². The molecule has 0 radical (unpaired) electrons. The number of aromatic nitrogens is 3. The van der Waals surface area contributed by atoms with Crippen molar-refractivity contribution in [2.45, 2.75) is 31.6 Å². The summed E-state index contributed by atoms with van der Waals surface area (Å²) in [5.41, 5.74) is 4.87. The number of benzene rings is 1. The number of nitrogens with one attached hydrogen (secondary N) is 2. The predicted molar refractivity (Wildman–Crippen MR) is 132 cm³/mol. The number of H-pyrrole nitrogens is 1. The maximum Gasteiger partial charge on any atom is 0.248 e. The summed E-state index contributed by atoms with van der Waals surface area (Å²) >= 11 is 0. The molecule has 6 rings (SSSR count). The van der Waals surface area contributed by atoms with Crippen LogP contribution in [0.2, 0.25) is 0 Å². The van der Waals surface area contributed by atoms with Crippen LogP contribution in [0.25, 0.3) is 11.0 Å². The molecule has 2 aliphatic carbocycles. The van der Waals surface area contributed by atoms with Gasteiger partial charge in [-0.2, -0.15) is 0 Å². The number of likely N-dealkylation sites (N-methyl/N-ethyl adjacent to an activating group) is 1. The zero-order chi connectivity index (χ0) is 21.7. The summed E-state index contributed by atoms with van der Waals surface area (Å²) in [5, 5.41) is 3.36. The van der Waals surface area contributed by atoms with Crippen LogP contribution >= 0.6 is 0 Å². The van der Waals surface area contributed by atoms with E-state index in [1.807, 2.05) is 0 Å². The minimum atomic E-state index is -0.0564. The Labute approximate surface area is 190 Å². The van der Waals surface area contributed by atoms with Crippen LogP contribution in [0.15, 0.2) is 41.3 Å². The van der Waals surface area contributed by atoms with Gasteiger partial charge in [0.05, 0.1) is 17.2 Å². The zero-order valence-corrected chi connectivity index (χ0v) is 18.6. The van der Waals surface area contributed by atoms with E-state index in [4.69, 9.17) is 4.98 Å². The fourth-order valence-electron chi connectivity index (χ4n) is 5.99. The minimum Gasteiger partial charge on any atom is -0.369 e. The first kappa shape index (κ1) is 19.7. The predicted octanol–water partition coefficient (Wildman–Crippen LogP) is 4.21. The second-order valence-corrected chi connectivity index (χ2v) is 9.79. The molecule has 170 valence electrons. The van der Waals surface area contributed by atoms with Crippen molar-refractivity contribution in [2.75, 3.05) is 43.4 Å². The Balaban J connectivity index is 0.00000137. The van der Waals surface area contributed by atoms with Crippen LogP contribution < -0.4 is 15.8 Å². The van der Waals surface area contributed by atoms with Crippen LogP contribution in [0.1, 0.15) is 40.0 Å². The quantitative estimate of drug-likeness (QED) is 0.641. The van der Waals surface area contributed by atoms with E-state index < -0.39 is 0 Å². The van der Waals surface area contributed by atoms with Gasteiger partial charge in [-0.1, -0.05) is 6.42 Å². The summed E-state index contributed by atoms with van der Waals surface area (Å²) in [6.07, 6.45) is 6.84. The molecule has 32 heavy (non-hydrogen) atoms.